The van der Waals surface area contributed by atoms with E-state index in [0.717, 1.165) is 11.3 Å². The van der Waals surface area contributed by atoms with Gasteiger partial charge in [-0.25, -0.2) is 5.43 Å². The Kier molecular flexibility index (Phi) is 10.5. The average Bonchev–Trinajstić information content (AvgIpc) is 2.88. The van der Waals surface area contributed by atoms with E-state index in [2.05, 4.69) is 21.2 Å². The first kappa shape index (κ1) is 29.4. The highest BCUT2D eigenvalue weighted by molar-refractivity contribution is 6.32. The summed E-state index contributed by atoms with van der Waals surface area (Å²) in [6, 6.07) is 13.0. The zero-order valence-corrected chi connectivity index (χ0v) is 23.1. The molecule has 0 spiro atoms. The van der Waals surface area contributed by atoms with Gasteiger partial charge in [-0.15, -0.1) is 0 Å². The van der Waals surface area contributed by atoms with Gasteiger partial charge in [0.15, 0.2) is 6.10 Å². The van der Waals surface area contributed by atoms with Gasteiger partial charge >= 0.3 is 0 Å². The number of carbonyl (C=O) groups excluding carboxylic acids is 2. The molecule has 2 unspecified atom stereocenters. The molecule has 0 saturated heterocycles. The first-order valence-corrected chi connectivity index (χ1v) is 13.2. The van der Waals surface area contributed by atoms with Crippen LogP contribution in [0.4, 0.5) is 0 Å². The van der Waals surface area contributed by atoms with Crippen molar-refractivity contribution in [2.75, 3.05) is 13.2 Å². The normalized spacial score (nSPS) is 15.2. The number of carbonyl (C=O) groups is 2. The van der Waals surface area contributed by atoms with E-state index in [1.807, 2.05) is 52.0 Å². The largest absolute Gasteiger partial charge is 0.493 e. The van der Waals surface area contributed by atoms with Gasteiger partial charge in [-0.3, -0.25) is 14.9 Å². The van der Waals surface area contributed by atoms with Crippen molar-refractivity contribution >= 4 is 29.1 Å². The van der Waals surface area contributed by atoms with Gasteiger partial charge in [-0.1, -0.05) is 42.8 Å². The summed E-state index contributed by atoms with van der Waals surface area (Å²) >= 11 is 6.43. The van der Waals surface area contributed by atoms with E-state index in [9.17, 15) is 14.7 Å². The van der Waals surface area contributed by atoms with Crippen LogP contribution in [0.1, 0.15) is 57.6 Å². The van der Waals surface area contributed by atoms with Gasteiger partial charge in [-0.2, -0.15) is 5.10 Å². The summed E-state index contributed by atoms with van der Waals surface area (Å²) in [6.45, 7) is 8.21. The lowest BCUT2D eigenvalue weighted by Crippen LogP contribution is -2.54. The third kappa shape index (κ3) is 8.44. The Morgan fingerprint density at radius 1 is 1.21 bits per heavy atom. The summed E-state index contributed by atoms with van der Waals surface area (Å²) in [6.07, 6.45) is -0.0568. The summed E-state index contributed by atoms with van der Waals surface area (Å²) in [5, 5.41) is 21.0. The van der Waals surface area contributed by atoms with Crippen molar-refractivity contribution in [3.05, 3.63) is 58.6 Å². The molecule has 1 heterocycles. The fraction of sp³-hybridized carbons (Fsp3) is 0.464. The molecule has 2 aromatic rings. The average molecular weight is 545 g/mol. The second kappa shape index (κ2) is 13.6. The molecular weight excluding hydrogens is 508 g/mol. The van der Waals surface area contributed by atoms with E-state index < -0.39 is 17.9 Å². The maximum atomic E-state index is 13.0. The summed E-state index contributed by atoms with van der Waals surface area (Å²) in [5.74, 6) is 0.695. The summed E-state index contributed by atoms with van der Waals surface area (Å²) in [7, 11) is 0. The van der Waals surface area contributed by atoms with E-state index in [1.54, 1.807) is 18.2 Å². The van der Waals surface area contributed by atoms with Gasteiger partial charge in [0, 0.05) is 36.9 Å². The molecule has 1 aliphatic heterocycles. The Labute approximate surface area is 228 Å². The van der Waals surface area contributed by atoms with Crippen molar-refractivity contribution in [3.63, 3.8) is 0 Å². The zero-order valence-electron chi connectivity index (χ0n) is 22.3. The van der Waals surface area contributed by atoms with Gasteiger partial charge in [0.25, 0.3) is 5.91 Å². The van der Waals surface area contributed by atoms with Crippen molar-refractivity contribution in [3.8, 4) is 11.5 Å². The Bertz CT molecular complexity index is 1150. The minimum absolute atomic E-state index is 0.149. The number of aliphatic hydroxyl groups is 1. The minimum Gasteiger partial charge on any atom is -0.493 e. The van der Waals surface area contributed by atoms with Gasteiger partial charge in [0.2, 0.25) is 5.91 Å². The molecule has 1 aliphatic rings. The van der Waals surface area contributed by atoms with Crippen LogP contribution in [0.15, 0.2) is 47.6 Å². The minimum atomic E-state index is -0.813. The highest BCUT2D eigenvalue weighted by atomic mass is 35.5. The fourth-order valence-electron chi connectivity index (χ4n) is 3.98. The number of hydrogen-bond donors (Lipinski definition) is 4. The molecule has 0 fully saturated rings. The Hall–Kier alpha value is -3.14. The molecule has 2 amide bonds. The molecule has 3 rings (SSSR count). The van der Waals surface area contributed by atoms with Crippen LogP contribution < -0.4 is 25.5 Å². The number of nitrogens with one attached hydrogen (secondary N) is 3. The number of hydrogen-bond acceptors (Lipinski definition) is 7. The highest BCUT2D eigenvalue weighted by Gasteiger charge is 2.27. The van der Waals surface area contributed by atoms with Crippen molar-refractivity contribution in [1.29, 1.82) is 0 Å². The maximum Gasteiger partial charge on any atom is 0.261 e. The van der Waals surface area contributed by atoms with Crippen molar-refractivity contribution in [2.45, 2.75) is 71.2 Å². The quantitative estimate of drug-likeness (QED) is 0.285. The predicted octanol–water partition coefficient (Wildman–Crippen LogP) is 3.69. The predicted molar refractivity (Wildman–Crippen MR) is 148 cm³/mol. The maximum absolute atomic E-state index is 13.0. The van der Waals surface area contributed by atoms with Crippen LogP contribution in [0, 0.1) is 6.92 Å². The molecule has 0 saturated carbocycles. The lowest BCUT2D eigenvalue weighted by Gasteiger charge is -2.30. The molecule has 206 valence electrons. The standard InChI is InChI=1S/C28H37ClN4O5/c1-5-22(38-26-19(10-8-11-20(26)29)21-13-14-25(35)33-32-21)27(36)30-17-28(3,4)31-24(34)15-16-37-23-12-7-6-9-18(23)2/h6-12,22,24,31,34H,5,13-17H2,1-4H3,(H,30,36)(H,33,35). The summed E-state index contributed by atoms with van der Waals surface area (Å²) in [4.78, 5) is 24.5. The van der Waals surface area contributed by atoms with Crippen LogP contribution in [0.25, 0.3) is 0 Å². The number of para-hydroxylation sites is 2. The van der Waals surface area contributed by atoms with Gasteiger partial charge in [0.1, 0.15) is 17.7 Å². The first-order valence-electron chi connectivity index (χ1n) is 12.8. The molecule has 0 aromatic heterocycles. The highest BCUT2D eigenvalue weighted by Crippen LogP contribution is 2.32. The second-order valence-corrected chi connectivity index (χ2v) is 10.3. The lowest BCUT2D eigenvalue weighted by molar-refractivity contribution is -0.128. The fourth-order valence-corrected chi connectivity index (χ4v) is 4.20. The number of nitrogens with zero attached hydrogens (tertiary/aromatic N) is 1. The van der Waals surface area contributed by atoms with Crippen LogP contribution in [-0.2, 0) is 9.59 Å². The van der Waals surface area contributed by atoms with Crippen LogP contribution >= 0.6 is 11.6 Å². The Morgan fingerprint density at radius 2 is 1.97 bits per heavy atom. The van der Waals surface area contributed by atoms with Crippen LogP contribution in [0.2, 0.25) is 5.02 Å². The number of halogens is 1. The molecule has 4 N–H and O–H groups in total. The number of hydrazone groups is 1. The number of aliphatic hydroxyl groups excluding tert-OH is 1. The van der Waals surface area contributed by atoms with Gasteiger partial charge in [-0.05, 0) is 51.0 Å². The Balaban J connectivity index is 1.54. The van der Waals surface area contributed by atoms with Crippen molar-refractivity contribution in [1.82, 2.24) is 16.1 Å². The summed E-state index contributed by atoms with van der Waals surface area (Å²) < 4.78 is 11.9. The molecule has 2 atom stereocenters. The lowest BCUT2D eigenvalue weighted by atomic mass is 10.0. The molecule has 9 nitrogen and oxygen atoms in total. The topological polar surface area (TPSA) is 121 Å². The smallest absolute Gasteiger partial charge is 0.261 e. The molecule has 10 heteroatoms. The second-order valence-electron chi connectivity index (χ2n) is 9.89. The summed E-state index contributed by atoms with van der Waals surface area (Å²) in [5.41, 5.74) is 4.20. The number of amides is 2. The number of ether oxygens (including phenoxy) is 2. The third-order valence-corrected chi connectivity index (χ3v) is 6.41. The molecule has 0 bridgehead atoms. The molecule has 0 aliphatic carbocycles. The number of aryl methyl sites for hydroxylation is 1. The monoisotopic (exact) mass is 544 g/mol. The van der Waals surface area contributed by atoms with E-state index in [0.29, 0.717) is 54.3 Å². The molecule has 38 heavy (non-hydrogen) atoms. The third-order valence-electron chi connectivity index (χ3n) is 6.11. The van der Waals surface area contributed by atoms with Crippen LogP contribution in [-0.4, -0.2) is 53.7 Å². The van der Waals surface area contributed by atoms with E-state index >= 15 is 0 Å². The SMILES string of the molecule is CCC(Oc1c(Cl)cccc1C1=NNC(=O)CC1)C(=O)NCC(C)(C)NC(O)CCOc1ccccc1C. The van der Waals surface area contributed by atoms with Gasteiger partial charge in [0.05, 0.1) is 17.3 Å². The molecule has 2 aromatic carbocycles. The van der Waals surface area contributed by atoms with Crippen molar-refractivity contribution in [2.24, 2.45) is 5.10 Å². The molecule has 0 radical (unpaired) electrons. The zero-order chi connectivity index (χ0) is 27.7. The van der Waals surface area contributed by atoms with E-state index in [1.165, 1.54) is 0 Å². The van der Waals surface area contributed by atoms with Crippen molar-refractivity contribution < 1.29 is 24.2 Å². The van der Waals surface area contributed by atoms with E-state index in [-0.39, 0.29) is 18.4 Å². The van der Waals surface area contributed by atoms with E-state index in [4.69, 9.17) is 21.1 Å². The number of benzene rings is 2. The van der Waals surface area contributed by atoms with Crippen LogP contribution in [0.5, 0.6) is 11.5 Å². The van der Waals surface area contributed by atoms with Gasteiger partial charge < -0.3 is 19.9 Å². The number of rotatable bonds is 13. The van der Waals surface area contributed by atoms with Crippen LogP contribution in [0.3, 0.4) is 0 Å². The molecular formula is C28H37ClN4O5. The first-order chi connectivity index (χ1) is 18.1. The Morgan fingerprint density at radius 3 is 2.66 bits per heavy atom.